The molecule has 0 atom stereocenters. The van der Waals surface area contributed by atoms with Crippen LogP contribution in [0.1, 0.15) is 42.5 Å². The summed E-state index contributed by atoms with van der Waals surface area (Å²) in [6.07, 6.45) is 5.03. The maximum Gasteiger partial charge on any atom is 0.253 e. The average molecular weight is 395 g/mol. The molecule has 3 rings (SSSR count). The maximum atomic E-state index is 13.0. The molecule has 0 unspecified atom stereocenters. The number of likely N-dealkylation sites (N-methyl/N-ethyl adjacent to an activating group) is 1. The van der Waals surface area contributed by atoms with Crippen LogP contribution in [-0.4, -0.2) is 64.9 Å². The molecule has 27 heavy (non-hydrogen) atoms. The number of benzene rings is 1. The van der Waals surface area contributed by atoms with E-state index < -0.39 is 10.0 Å². The Hall–Kier alpha value is -1.64. The molecule has 0 spiro atoms. The number of hydrogen-bond acceptors (Lipinski definition) is 5. The van der Waals surface area contributed by atoms with Crippen LogP contribution in [0.3, 0.4) is 0 Å². The molecule has 1 amide bonds. The Balaban J connectivity index is 1.91. The largest absolute Gasteiger partial charge is 0.371 e. The summed E-state index contributed by atoms with van der Waals surface area (Å²) >= 11 is 0. The summed E-state index contributed by atoms with van der Waals surface area (Å²) in [4.78, 5) is 15.2. The predicted molar refractivity (Wildman–Crippen MR) is 107 cm³/mol. The van der Waals surface area contributed by atoms with E-state index in [0.29, 0.717) is 31.7 Å². The lowest BCUT2D eigenvalue weighted by Gasteiger charge is -2.27. The number of piperidine rings is 1. The monoisotopic (exact) mass is 394 g/mol. The Bertz CT molecular complexity index is 754. The van der Waals surface area contributed by atoms with E-state index in [0.717, 1.165) is 50.9 Å². The minimum atomic E-state index is -3.56. The van der Waals surface area contributed by atoms with Crippen molar-refractivity contribution >= 4 is 21.6 Å². The third-order valence-corrected chi connectivity index (χ3v) is 7.17. The van der Waals surface area contributed by atoms with E-state index in [1.165, 1.54) is 0 Å². The summed E-state index contributed by atoms with van der Waals surface area (Å²) in [7, 11) is -1.73. The van der Waals surface area contributed by atoms with Gasteiger partial charge < -0.3 is 15.5 Å². The Kier molecular flexibility index (Phi) is 6.73. The van der Waals surface area contributed by atoms with E-state index in [1.807, 2.05) is 7.05 Å². The average Bonchev–Trinajstić information content (AvgIpc) is 3.23. The minimum Gasteiger partial charge on any atom is -0.371 e. The number of amides is 1. The van der Waals surface area contributed by atoms with Crippen LogP contribution < -0.4 is 15.5 Å². The van der Waals surface area contributed by atoms with Crippen LogP contribution in [0.5, 0.6) is 0 Å². The lowest BCUT2D eigenvalue weighted by atomic mass is 10.1. The van der Waals surface area contributed by atoms with Crippen LogP contribution in [0, 0.1) is 0 Å². The van der Waals surface area contributed by atoms with E-state index in [4.69, 9.17) is 0 Å². The van der Waals surface area contributed by atoms with E-state index >= 15 is 0 Å². The number of nitrogens with zero attached hydrogens (tertiary/aromatic N) is 2. The van der Waals surface area contributed by atoms with E-state index in [9.17, 15) is 13.2 Å². The molecule has 150 valence electrons. The first-order valence-corrected chi connectivity index (χ1v) is 11.3. The molecule has 2 aliphatic heterocycles. The molecule has 0 aromatic heterocycles. The van der Waals surface area contributed by atoms with Gasteiger partial charge in [-0.2, -0.15) is 4.31 Å². The van der Waals surface area contributed by atoms with Crippen molar-refractivity contribution in [1.29, 1.82) is 0 Å². The van der Waals surface area contributed by atoms with Gasteiger partial charge in [-0.25, -0.2) is 8.42 Å². The van der Waals surface area contributed by atoms with E-state index in [1.54, 1.807) is 22.5 Å². The molecule has 0 saturated carbocycles. The highest BCUT2D eigenvalue weighted by molar-refractivity contribution is 7.89. The SMILES string of the molecule is CNCCNC(=O)c1cc(S(=O)(=O)N2CCCCC2)ccc1N1CCCC1. The van der Waals surface area contributed by atoms with Gasteiger partial charge in [0, 0.05) is 45.0 Å². The first kappa shape index (κ1) is 20.1. The van der Waals surface area contributed by atoms with Crippen molar-refractivity contribution in [1.82, 2.24) is 14.9 Å². The zero-order valence-electron chi connectivity index (χ0n) is 16.0. The van der Waals surface area contributed by atoms with Gasteiger partial charge in [0.25, 0.3) is 5.91 Å². The van der Waals surface area contributed by atoms with Gasteiger partial charge in [0.1, 0.15) is 0 Å². The van der Waals surface area contributed by atoms with Crippen molar-refractivity contribution in [2.24, 2.45) is 0 Å². The lowest BCUT2D eigenvalue weighted by Crippen LogP contribution is -2.36. The Morgan fingerprint density at radius 1 is 1.00 bits per heavy atom. The van der Waals surface area contributed by atoms with Crippen LogP contribution in [0.4, 0.5) is 5.69 Å². The van der Waals surface area contributed by atoms with Gasteiger partial charge in [-0.05, 0) is 50.9 Å². The van der Waals surface area contributed by atoms with Crippen LogP contribution in [-0.2, 0) is 10.0 Å². The van der Waals surface area contributed by atoms with Crippen molar-refractivity contribution in [3.05, 3.63) is 23.8 Å². The maximum absolute atomic E-state index is 13.0. The van der Waals surface area contributed by atoms with E-state index in [-0.39, 0.29) is 10.8 Å². The molecule has 2 N–H and O–H groups in total. The summed E-state index contributed by atoms with van der Waals surface area (Å²) in [6, 6.07) is 5.02. The number of hydrogen-bond donors (Lipinski definition) is 2. The third kappa shape index (κ3) is 4.62. The predicted octanol–water partition coefficient (Wildman–Crippen LogP) is 1.41. The van der Waals surface area contributed by atoms with Gasteiger partial charge in [0.2, 0.25) is 10.0 Å². The molecule has 2 saturated heterocycles. The molecule has 8 heteroatoms. The van der Waals surface area contributed by atoms with Crippen LogP contribution in [0.2, 0.25) is 0 Å². The quantitative estimate of drug-likeness (QED) is 0.684. The highest BCUT2D eigenvalue weighted by Crippen LogP contribution is 2.29. The summed E-state index contributed by atoms with van der Waals surface area (Å²) < 4.78 is 27.6. The highest BCUT2D eigenvalue weighted by atomic mass is 32.2. The molecular formula is C19H30N4O3S. The van der Waals surface area contributed by atoms with E-state index in [2.05, 4.69) is 15.5 Å². The lowest BCUT2D eigenvalue weighted by molar-refractivity contribution is 0.0954. The zero-order chi connectivity index (χ0) is 19.3. The molecule has 1 aromatic rings. The van der Waals surface area contributed by atoms with Crippen LogP contribution >= 0.6 is 0 Å². The van der Waals surface area contributed by atoms with Gasteiger partial charge in [0.15, 0.2) is 0 Å². The van der Waals surface area contributed by atoms with Gasteiger partial charge in [0.05, 0.1) is 10.5 Å². The molecule has 1 aromatic carbocycles. The first-order valence-electron chi connectivity index (χ1n) is 9.86. The van der Waals surface area contributed by atoms with Crippen molar-refractivity contribution in [2.75, 3.05) is 51.2 Å². The number of nitrogens with one attached hydrogen (secondary N) is 2. The summed E-state index contributed by atoms with van der Waals surface area (Å²) in [5.74, 6) is -0.220. The Morgan fingerprint density at radius 3 is 2.33 bits per heavy atom. The van der Waals surface area contributed by atoms with Crippen molar-refractivity contribution < 1.29 is 13.2 Å². The normalized spacial score (nSPS) is 18.6. The molecule has 7 nitrogen and oxygen atoms in total. The van der Waals surface area contributed by atoms with Crippen molar-refractivity contribution in [3.63, 3.8) is 0 Å². The fourth-order valence-corrected chi connectivity index (χ4v) is 5.29. The number of rotatable bonds is 7. The van der Waals surface area contributed by atoms with Gasteiger partial charge >= 0.3 is 0 Å². The molecule has 2 heterocycles. The van der Waals surface area contributed by atoms with Crippen molar-refractivity contribution in [3.8, 4) is 0 Å². The Morgan fingerprint density at radius 2 is 1.67 bits per heavy atom. The third-order valence-electron chi connectivity index (χ3n) is 5.27. The van der Waals surface area contributed by atoms with Gasteiger partial charge in [-0.3, -0.25) is 4.79 Å². The topological polar surface area (TPSA) is 81.7 Å². The fraction of sp³-hybridized carbons (Fsp3) is 0.632. The molecule has 0 radical (unpaired) electrons. The van der Waals surface area contributed by atoms with Gasteiger partial charge in [-0.1, -0.05) is 6.42 Å². The summed E-state index contributed by atoms with van der Waals surface area (Å²) in [5.41, 5.74) is 1.28. The standard InChI is InChI=1S/C19H30N4O3S/c1-20-9-10-21-19(24)17-15-16(7-8-18(17)22-11-5-6-12-22)27(25,26)23-13-3-2-4-14-23/h7-8,15,20H,2-6,9-14H2,1H3,(H,21,24). The molecule has 0 aliphatic carbocycles. The number of anilines is 1. The number of carbonyl (C=O) groups excluding carboxylic acids is 1. The second kappa shape index (κ2) is 9.03. The second-order valence-electron chi connectivity index (χ2n) is 7.20. The Labute approximate surface area is 162 Å². The molecule has 2 aliphatic rings. The van der Waals surface area contributed by atoms with Crippen molar-refractivity contribution in [2.45, 2.75) is 37.0 Å². The molecule has 2 fully saturated rings. The van der Waals surface area contributed by atoms with Crippen LogP contribution in [0.15, 0.2) is 23.1 Å². The number of sulfonamides is 1. The first-order chi connectivity index (χ1) is 13.0. The molecule has 0 bridgehead atoms. The summed E-state index contributed by atoms with van der Waals surface area (Å²) in [6.45, 7) is 4.07. The summed E-state index contributed by atoms with van der Waals surface area (Å²) in [5, 5.41) is 5.88. The smallest absolute Gasteiger partial charge is 0.253 e. The zero-order valence-corrected chi connectivity index (χ0v) is 16.9. The highest BCUT2D eigenvalue weighted by Gasteiger charge is 2.28. The fourth-order valence-electron chi connectivity index (χ4n) is 3.74. The second-order valence-corrected chi connectivity index (χ2v) is 9.14. The molecular weight excluding hydrogens is 364 g/mol. The van der Waals surface area contributed by atoms with Crippen LogP contribution in [0.25, 0.3) is 0 Å². The van der Waals surface area contributed by atoms with Gasteiger partial charge in [-0.15, -0.1) is 0 Å². The number of carbonyl (C=O) groups is 1. The minimum absolute atomic E-state index is 0.214.